The molecule has 25 heavy (non-hydrogen) atoms. The number of nitrogens with two attached hydrogens (primary N) is 1. The summed E-state index contributed by atoms with van der Waals surface area (Å²) in [6.45, 7) is 3.34. The second-order valence-corrected chi connectivity index (χ2v) is 6.34. The molecule has 8 heteroatoms. The molecule has 0 amide bonds. The van der Waals surface area contributed by atoms with E-state index in [0.717, 1.165) is 30.0 Å². The van der Waals surface area contributed by atoms with E-state index in [1.807, 2.05) is 24.4 Å². The van der Waals surface area contributed by atoms with Gasteiger partial charge >= 0.3 is 0 Å². The highest BCUT2D eigenvalue weighted by Gasteiger charge is 2.04. The molecule has 0 unspecified atom stereocenters. The van der Waals surface area contributed by atoms with Gasteiger partial charge in [0.15, 0.2) is 17.5 Å². The first-order valence-electron chi connectivity index (χ1n) is 7.84. The summed E-state index contributed by atoms with van der Waals surface area (Å²) in [5.74, 6) is 1.82. The summed E-state index contributed by atoms with van der Waals surface area (Å²) in [5.41, 5.74) is 6.91. The van der Waals surface area contributed by atoms with Crippen molar-refractivity contribution in [3.63, 3.8) is 0 Å². The van der Waals surface area contributed by atoms with Crippen molar-refractivity contribution in [3.8, 4) is 11.5 Å². The maximum atomic E-state index is 5.91. The monoisotopic (exact) mass is 476 g/mol. The fraction of sp³-hybridized carbons (Fsp3) is 0.412. The Morgan fingerprint density at radius 3 is 2.68 bits per heavy atom. The summed E-state index contributed by atoms with van der Waals surface area (Å²) in [4.78, 5) is 10.0. The Hall–Kier alpha value is -1.55. The Morgan fingerprint density at radius 2 is 2.04 bits per heavy atom. The van der Waals surface area contributed by atoms with Gasteiger partial charge in [0.1, 0.15) is 0 Å². The van der Waals surface area contributed by atoms with Crippen LogP contribution in [0.1, 0.15) is 22.4 Å². The molecule has 0 bridgehead atoms. The Bertz CT molecular complexity index is 691. The lowest BCUT2D eigenvalue weighted by Crippen LogP contribution is -2.33. The van der Waals surface area contributed by atoms with Crippen molar-refractivity contribution < 1.29 is 9.47 Å². The molecule has 0 aliphatic carbocycles. The van der Waals surface area contributed by atoms with Gasteiger partial charge in [0.2, 0.25) is 0 Å². The van der Waals surface area contributed by atoms with Crippen LogP contribution in [0.25, 0.3) is 0 Å². The van der Waals surface area contributed by atoms with Crippen LogP contribution in [-0.4, -0.2) is 31.7 Å². The highest BCUT2D eigenvalue weighted by molar-refractivity contribution is 14.0. The van der Waals surface area contributed by atoms with Gasteiger partial charge in [-0.1, -0.05) is 13.0 Å². The van der Waals surface area contributed by atoms with Crippen molar-refractivity contribution in [2.75, 3.05) is 20.8 Å². The van der Waals surface area contributed by atoms with Crippen molar-refractivity contribution in [1.82, 2.24) is 10.3 Å². The number of ether oxygens (including phenoxy) is 2. The Labute approximate surface area is 169 Å². The zero-order valence-electron chi connectivity index (χ0n) is 14.7. The van der Waals surface area contributed by atoms with E-state index in [4.69, 9.17) is 15.2 Å². The number of hydrogen-bond acceptors (Lipinski definition) is 5. The van der Waals surface area contributed by atoms with Gasteiger partial charge < -0.3 is 20.5 Å². The predicted molar refractivity (Wildman–Crippen MR) is 113 cm³/mol. The molecule has 1 aromatic carbocycles. The number of nitrogens with zero attached hydrogens (tertiary/aromatic N) is 2. The average molecular weight is 476 g/mol. The number of aliphatic imine (C=N–C) groups is 1. The minimum atomic E-state index is 0. The van der Waals surface area contributed by atoms with E-state index >= 15 is 0 Å². The molecule has 0 saturated carbocycles. The standard InChI is InChI=1S/C17H24N4O2S.HI/c1-4-13-11-20-16(24-13)7-8-19-17(18)21-10-12-5-6-14(22-2)15(9-12)23-3;/h5-6,9,11H,4,7-8,10H2,1-3H3,(H3,18,19,21);1H. The zero-order chi connectivity index (χ0) is 17.4. The molecule has 0 spiro atoms. The number of aryl methyl sites for hydroxylation is 1. The minimum Gasteiger partial charge on any atom is -0.493 e. The lowest BCUT2D eigenvalue weighted by atomic mass is 10.2. The fourth-order valence-corrected chi connectivity index (χ4v) is 3.00. The third kappa shape index (κ3) is 6.69. The SMILES string of the molecule is CCc1cnc(CCNC(N)=NCc2ccc(OC)c(OC)c2)s1.I. The first-order valence-corrected chi connectivity index (χ1v) is 8.66. The predicted octanol–water partition coefficient (Wildman–Crippen LogP) is 2.99. The van der Waals surface area contributed by atoms with Gasteiger partial charge in [-0.15, -0.1) is 35.3 Å². The molecule has 0 radical (unpaired) electrons. The van der Waals surface area contributed by atoms with Crippen LogP contribution in [0.2, 0.25) is 0 Å². The lowest BCUT2D eigenvalue weighted by Gasteiger charge is -2.09. The second kappa shape index (κ2) is 11.1. The highest BCUT2D eigenvalue weighted by Crippen LogP contribution is 2.27. The van der Waals surface area contributed by atoms with Crippen LogP contribution < -0.4 is 20.5 Å². The van der Waals surface area contributed by atoms with E-state index in [1.165, 1.54) is 4.88 Å². The van der Waals surface area contributed by atoms with E-state index < -0.39 is 0 Å². The summed E-state index contributed by atoms with van der Waals surface area (Å²) < 4.78 is 10.5. The number of halogens is 1. The van der Waals surface area contributed by atoms with Crippen molar-refractivity contribution in [2.24, 2.45) is 10.7 Å². The normalized spacial score (nSPS) is 10.9. The Balaban J connectivity index is 0.00000312. The number of thiazole rings is 1. The molecular weight excluding hydrogens is 451 g/mol. The zero-order valence-corrected chi connectivity index (χ0v) is 17.9. The number of rotatable bonds is 8. The van der Waals surface area contributed by atoms with Crippen LogP contribution in [0.15, 0.2) is 29.4 Å². The highest BCUT2D eigenvalue weighted by atomic mass is 127. The van der Waals surface area contributed by atoms with Gasteiger partial charge in [0.25, 0.3) is 0 Å². The maximum absolute atomic E-state index is 5.91. The molecular formula is C17H25IN4O2S. The smallest absolute Gasteiger partial charge is 0.188 e. The van der Waals surface area contributed by atoms with Crippen LogP contribution in [0.3, 0.4) is 0 Å². The lowest BCUT2D eigenvalue weighted by molar-refractivity contribution is 0.354. The quantitative estimate of drug-likeness (QED) is 0.348. The maximum Gasteiger partial charge on any atom is 0.188 e. The van der Waals surface area contributed by atoms with Crippen LogP contribution in [0.5, 0.6) is 11.5 Å². The molecule has 1 heterocycles. The van der Waals surface area contributed by atoms with Gasteiger partial charge in [-0.3, -0.25) is 0 Å². The first kappa shape index (κ1) is 21.5. The molecule has 0 saturated heterocycles. The summed E-state index contributed by atoms with van der Waals surface area (Å²) in [7, 11) is 3.23. The van der Waals surface area contributed by atoms with Crippen molar-refractivity contribution in [1.29, 1.82) is 0 Å². The van der Waals surface area contributed by atoms with Crippen molar-refractivity contribution in [2.45, 2.75) is 26.3 Å². The third-order valence-corrected chi connectivity index (χ3v) is 4.68. The van der Waals surface area contributed by atoms with Crippen molar-refractivity contribution >= 4 is 41.3 Å². The molecule has 1 aromatic heterocycles. The van der Waals surface area contributed by atoms with Gasteiger partial charge in [-0.25, -0.2) is 9.98 Å². The number of benzene rings is 1. The molecule has 0 fully saturated rings. The topological polar surface area (TPSA) is 81.8 Å². The summed E-state index contributed by atoms with van der Waals surface area (Å²) in [5, 5.41) is 4.24. The van der Waals surface area contributed by atoms with Crippen LogP contribution in [0.4, 0.5) is 0 Å². The fourth-order valence-electron chi connectivity index (χ4n) is 2.14. The van der Waals surface area contributed by atoms with Crippen LogP contribution in [0, 0.1) is 0 Å². The van der Waals surface area contributed by atoms with E-state index in [0.29, 0.717) is 24.0 Å². The minimum absolute atomic E-state index is 0. The molecule has 0 aliphatic heterocycles. The van der Waals surface area contributed by atoms with Gasteiger partial charge in [0.05, 0.1) is 25.8 Å². The number of guanidine groups is 1. The van der Waals surface area contributed by atoms with Gasteiger partial charge in [0, 0.05) is 24.0 Å². The van der Waals surface area contributed by atoms with Gasteiger partial charge in [-0.05, 0) is 24.1 Å². The van der Waals surface area contributed by atoms with E-state index in [1.54, 1.807) is 25.6 Å². The molecule has 2 rings (SSSR count). The third-order valence-electron chi connectivity index (χ3n) is 3.47. The summed E-state index contributed by atoms with van der Waals surface area (Å²) in [6, 6.07) is 5.71. The number of hydrogen-bond donors (Lipinski definition) is 2. The largest absolute Gasteiger partial charge is 0.493 e. The number of nitrogens with one attached hydrogen (secondary N) is 1. The number of methoxy groups -OCH3 is 2. The first-order chi connectivity index (χ1) is 11.7. The summed E-state index contributed by atoms with van der Waals surface area (Å²) in [6.07, 6.45) is 3.81. The Morgan fingerprint density at radius 1 is 1.28 bits per heavy atom. The average Bonchev–Trinajstić information content (AvgIpc) is 3.07. The van der Waals surface area contributed by atoms with E-state index in [9.17, 15) is 0 Å². The van der Waals surface area contributed by atoms with E-state index in [-0.39, 0.29) is 24.0 Å². The summed E-state index contributed by atoms with van der Waals surface area (Å²) >= 11 is 1.74. The van der Waals surface area contributed by atoms with Crippen LogP contribution >= 0.6 is 35.3 Å². The molecule has 0 atom stereocenters. The van der Waals surface area contributed by atoms with E-state index in [2.05, 4.69) is 22.2 Å². The molecule has 138 valence electrons. The molecule has 0 aliphatic rings. The molecule has 3 N–H and O–H groups in total. The van der Waals surface area contributed by atoms with Crippen molar-refractivity contribution in [3.05, 3.63) is 39.8 Å². The Kier molecular flexibility index (Phi) is 9.58. The molecule has 2 aromatic rings. The second-order valence-electron chi connectivity index (χ2n) is 5.14. The van der Waals surface area contributed by atoms with Crippen LogP contribution in [-0.2, 0) is 19.4 Å². The van der Waals surface area contributed by atoms with Gasteiger partial charge in [-0.2, -0.15) is 0 Å². The molecule has 6 nitrogen and oxygen atoms in total. The number of aromatic nitrogens is 1.